The van der Waals surface area contributed by atoms with Gasteiger partial charge in [0.25, 0.3) is 6.43 Å². The van der Waals surface area contributed by atoms with E-state index in [0.717, 1.165) is 13.0 Å². The molecular weight excluding hydrogens is 230 g/mol. The van der Waals surface area contributed by atoms with Crippen molar-refractivity contribution in [1.82, 2.24) is 19.7 Å². The largest absolute Gasteiger partial charge is 0.395 e. The highest BCUT2D eigenvalue weighted by molar-refractivity contribution is 4.85. The van der Waals surface area contributed by atoms with Crippen LogP contribution in [0.4, 0.5) is 8.78 Å². The molecule has 0 amide bonds. The van der Waals surface area contributed by atoms with E-state index in [0.29, 0.717) is 5.82 Å². The van der Waals surface area contributed by atoms with Crippen LogP contribution >= 0.6 is 0 Å². The molecule has 0 fully saturated rings. The molecule has 1 aromatic heterocycles. The van der Waals surface area contributed by atoms with Crippen LogP contribution in [0.2, 0.25) is 0 Å². The van der Waals surface area contributed by atoms with E-state index in [9.17, 15) is 8.78 Å². The molecule has 5 nitrogen and oxygen atoms in total. The maximum absolute atomic E-state index is 12.3. The predicted molar refractivity (Wildman–Crippen MR) is 58.7 cm³/mol. The minimum absolute atomic E-state index is 0.144. The summed E-state index contributed by atoms with van der Waals surface area (Å²) in [6, 6.07) is 0. The van der Waals surface area contributed by atoms with Gasteiger partial charge < -0.3 is 5.11 Å². The molecule has 0 spiro atoms. The Balaban J connectivity index is 2.60. The molecule has 98 valence electrons. The van der Waals surface area contributed by atoms with E-state index >= 15 is 0 Å². The van der Waals surface area contributed by atoms with Crippen LogP contribution in [0.15, 0.2) is 6.33 Å². The van der Waals surface area contributed by atoms with Crippen LogP contribution in [0.1, 0.15) is 19.2 Å². The quantitative estimate of drug-likeness (QED) is 0.737. The zero-order valence-corrected chi connectivity index (χ0v) is 9.89. The second-order valence-corrected chi connectivity index (χ2v) is 3.75. The Morgan fingerprint density at radius 2 is 2.29 bits per heavy atom. The van der Waals surface area contributed by atoms with E-state index < -0.39 is 6.43 Å². The highest BCUT2D eigenvalue weighted by atomic mass is 19.3. The molecule has 0 bridgehead atoms. The number of alkyl halides is 2. The van der Waals surface area contributed by atoms with Gasteiger partial charge in [0.05, 0.1) is 19.7 Å². The molecule has 0 unspecified atom stereocenters. The van der Waals surface area contributed by atoms with Crippen molar-refractivity contribution >= 4 is 0 Å². The molecular formula is C10H18F2N4O. The summed E-state index contributed by atoms with van der Waals surface area (Å²) < 4.78 is 26.3. The Kier molecular flexibility index (Phi) is 5.99. The van der Waals surface area contributed by atoms with Crippen LogP contribution in [0.5, 0.6) is 0 Å². The molecule has 7 heteroatoms. The molecule has 0 aliphatic heterocycles. The summed E-state index contributed by atoms with van der Waals surface area (Å²) in [5.41, 5.74) is 0. The summed E-state index contributed by atoms with van der Waals surface area (Å²) in [7, 11) is 0. The minimum atomic E-state index is -2.41. The molecule has 1 rings (SSSR count). The lowest BCUT2D eigenvalue weighted by molar-refractivity contribution is 0.0726. The summed E-state index contributed by atoms with van der Waals surface area (Å²) in [4.78, 5) is 5.52. The van der Waals surface area contributed by atoms with E-state index in [1.54, 1.807) is 4.68 Å². The van der Waals surface area contributed by atoms with Gasteiger partial charge in [0.15, 0.2) is 0 Å². The molecule has 0 aromatic carbocycles. The fourth-order valence-electron chi connectivity index (χ4n) is 1.58. The Morgan fingerprint density at radius 1 is 1.53 bits per heavy atom. The van der Waals surface area contributed by atoms with Crippen molar-refractivity contribution in [2.45, 2.75) is 32.9 Å². The van der Waals surface area contributed by atoms with Gasteiger partial charge in [-0.15, -0.1) is 0 Å². The standard InChI is InChI=1S/C10H18F2N4O/c1-2-3-16-10(13-8-14-16)7-15(4-5-17)6-9(11)12/h8-9,17H,2-7H2,1H3. The topological polar surface area (TPSA) is 54.2 Å². The highest BCUT2D eigenvalue weighted by Gasteiger charge is 2.14. The Hall–Kier alpha value is -1.08. The van der Waals surface area contributed by atoms with Crippen molar-refractivity contribution in [2.75, 3.05) is 19.7 Å². The van der Waals surface area contributed by atoms with Crippen molar-refractivity contribution in [3.63, 3.8) is 0 Å². The van der Waals surface area contributed by atoms with Gasteiger partial charge in [-0.25, -0.2) is 18.4 Å². The van der Waals surface area contributed by atoms with E-state index in [2.05, 4.69) is 10.1 Å². The Labute approximate surface area is 99.1 Å². The first-order chi connectivity index (χ1) is 8.17. The van der Waals surface area contributed by atoms with Crippen molar-refractivity contribution in [3.05, 3.63) is 12.2 Å². The summed E-state index contributed by atoms with van der Waals surface area (Å²) >= 11 is 0. The van der Waals surface area contributed by atoms with Crippen molar-refractivity contribution < 1.29 is 13.9 Å². The lowest BCUT2D eigenvalue weighted by Gasteiger charge is -2.20. The summed E-state index contributed by atoms with van der Waals surface area (Å²) in [5.74, 6) is 0.654. The molecule has 0 atom stereocenters. The molecule has 1 N–H and O–H groups in total. The van der Waals surface area contributed by atoms with Gasteiger partial charge in [-0.1, -0.05) is 6.92 Å². The Bertz CT molecular complexity index is 319. The zero-order chi connectivity index (χ0) is 12.7. The molecule has 0 radical (unpaired) electrons. The number of halogens is 2. The van der Waals surface area contributed by atoms with E-state index in [4.69, 9.17) is 5.11 Å². The molecule has 0 saturated carbocycles. The third-order valence-electron chi connectivity index (χ3n) is 2.31. The van der Waals surface area contributed by atoms with Crippen molar-refractivity contribution in [3.8, 4) is 0 Å². The maximum atomic E-state index is 12.3. The van der Waals surface area contributed by atoms with Gasteiger partial charge in [-0.2, -0.15) is 5.10 Å². The van der Waals surface area contributed by atoms with Crippen LogP contribution in [0.25, 0.3) is 0 Å². The number of rotatable bonds is 8. The second kappa shape index (κ2) is 7.29. The SMILES string of the molecule is CCCn1ncnc1CN(CCO)CC(F)F. The molecule has 1 heterocycles. The van der Waals surface area contributed by atoms with Crippen LogP contribution in [-0.4, -0.2) is 50.9 Å². The van der Waals surface area contributed by atoms with Crippen LogP contribution in [0.3, 0.4) is 0 Å². The summed E-state index contributed by atoms with van der Waals surface area (Å²) in [5, 5.41) is 12.8. The number of hydrogen-bond donors (Lipinski definition) is 1. The lowest BCUT2D eigenvalue weighted by atomic mass is 10.4. The maximum Gasteiger partial charge on any atom is 0.251 e. The first-order valence-corrected chi connectivity index (χ1v) is 5.65. The first kappa shape index (κ1) is 14.0. The second-order valence-electron chi connectivity index (χ2n) is 3.75. The monoisotopic (exact) mass is 248 g/mol. The van der Waals surface area contributed by atoms with E-state index in [-0.39, 0.29) is 26.2 Å². The number of hydrogen-bond acceptors (Lipinski definition) is 4. The van der Waals surface area contributed by atoms with Crippen LogP contribution in [-0.2, 0) is 13.1 Å². The molecule has 0 saturated heterocycles. The molecule has 1 aromatic rings. The average Bonchev–Trinajstić information content (AvgIpc) is 2.66. The van der Waals surface area contributed by atoms with Gasteiger partial charge in [0, 0.05) is 13.1 Å². The third-order valence-corrected chi connectivity index (χ3v) is 2.31. The van der Waals surface area contributed by atoms with E-state index in [1.807, 2.05) is 6.92 Å². The van der Waals surface area contributed by atoms with Gasteiger partial charge >= 0.3 is 0 Å². The van der Waals surface area contributed by atoms with Gasteiger partial charge in [-0.3, -0.25) is 4.90 Å². The highest BCUT2D eigenvalue weighted by Crippen LogP contribution is 2.05. The average molecular weight is 248 g/mol. The smallest absolute Gasteiger partial charge is 0.251 e. The van der Waals surface area contributed by atoms with Crippen LogP contribution in [0, 0.1) is 0 Å². The Morgan fingerprint density at radius 3 is 2.88 bits per heavy atom. The van der Waals surface area contributed by atoms with Gasteiger partial charge in [0.2, 0.25) is 0 Å². The zero-order valence-electron chi connectivity index (χ0n) is 9.89. The fourth-order valence-corrected chi connectivity index (χ4v) is 1.58. The van der Waals surface area contributed by atoms with E-state index in [1.165, 1.54) is 11.2 Å². The van der Waals surface area contributed by atoms with Crippen molar-refractivity contribution in [1.29, 1.82) is 0 Å². The summed E-state index contributed by atoms with van der Waals surface area (Å²) in [6.45, 7) is 2.72. The molecule has 0 aliphatic carbocycles. The normalized spacial score (nSPS) is 11.6. The summed E-state index contributed by atoms with van der Waals surface area (Å²) in [6.07, 6.45) is -0.0838. The fraction of sp³-hybridized carbons (Fsp3) is 0.800. The first-order valence-electron chi connectivity index (χ1n) is 5.65. The van der Waals surface area contributed by atoms with Crippen molar-refractivity contribution in [2.24, 2.45) is 0 Å². The number of nitrogens with zero attached hydrogens (tertiary/aromatic N) is 4. The van der Waals surface area contributed by atoms with Gasteiger partial charge in [0.1, 0.15) is 12.2 Å². The predicted octanol–water partition coefficient (Wildman–Crippen LogP) is 0.747. The third kappa shape index (κ3) is 4.74. The van der Waals surface area contributed by atoms with Crippen LogP contribution < -0.4 is 0 Å². The minimum Gasteiger partial charge on any atom is -0.395 e. The lowest BCUT2D eigenvalue weighted by Crippen LogP contribution is -2.32. The molecule has 17 heavy (non-hydrogen) atoms. The number of aliphatic hydroxyl groups excluding tert-OH is 1. The molecule has 0 aliphatic rings. The number of aromatic nitrogens is 3. The van der Waals surface area contributed by atoms with Gasteiger partial charge in [-0.05, 0) is 6.42 Å². The number of aliphatic hydroxyl groups is 1. The number of aryl methyl sites for hydroxylation is 1.